The standard InChI is InChI=1S/C16H18F3NO5S/c17-12-7-10(20-9-11(1-4-21)25-15(20)22)8-13(18)14(12)16(19)2-5-26(23,24)6-3-16/h7-8,11,21H,1-6,9H2/t11-/m0/s1. The van der Waals surface area contributed by atoms with Crippen LogP contribution in [0.1, 0.15) is 24.8 Å². The zero-order chi connectivity index (χ0) is 19.1. The lowest BCUT2D eigenvalue weighted by atomic mass is 9.89. The first-order valence-electron chi connectivity index (χ1n) is 8.13. The number of rotatable bonds is 4. The number of cyclic esters (lactones) is 1. The molecule has 0 bridgehead atoms. The molecule has 1 atom stereocenters. The number of benzene rings is 1. The molecule has 6 nitrogen and oxygen atoms in total. The minimum absolute atomic E-state index is 0.0105. The number of halogens is 3. The minimum Gasteiger partial charge on any atom is -0.444 e. The number of ether oxygens (including phenoxy) is 1. The quantitative estimate of drug-likeness (QED) is 0.847. The van der Waals surface area contributed by atoms with Gasteiger partial charge in [0.15, 0.2) is 9.84 Å². The number of anilines is 1. The molecule has 1 aromatic rings. The maximum atomic E-state index is 15.0. The third-order valence-electron chi connectivity index (χ3n) is 4.73. The van der Waals surface area contributed by atoms with E-state index in [1.54, 1.807) is 0 Å². The molecule has 0 aromatic heterocycles. The van der Waals surface area contributed by atoms with Crippen LogP contribution in [0, 0.1) is 11.6 Å². The van der Waals surface area contributed by atoms with Gasteiger partial charge < -0.3 is 9.84 Å². The van der Waals surface area contributed by atoms with Gasteiger partial charge in [-0.25, -0.2) is 26.4 Å². The topological polar surface area (TPSA) is 83.9 Å². The molecule has 0 saturated carbocycles. The number of sulfone groups is 1. The number of nitrogens with zero attached hydrogens (tertiary/aromatic N) is 1. The minimum atomic E-state index is -3.40. The second-order valence-corrected chi connectivity index (χ2v) is 8.83. The molecule has 0 aliphatic carbocycles. The van der Waals surface area contributed by atoms with E-state index in [4.69, 9.17) is 9.84 Å². The van der Waals surface area contributed by atoms with Crippen LogP contribution in [-0.4, -0.2) is 50.4 Å². The average Bonchev–Trinajstić information content (AvgIpc) is 2.91. The molecule has 1 aromatic carbocycles. The number of hydrogen-bond donors (Lipinski definition) is 1. The van der Waals surface area contributed by atoms with E-state index in [9.17, 15) is 22.0 Å². The van der Waals surface area contributed by atoms with Crippen molar-refractivity contribution in [3.8, 4) is 0 Å². The molecule has 2 aliphatic heterocycles. The second-order valence-electron chi connectivity index (χ2n) is 6.53. The Kier molecular flexibility index (Phi) is 4.91. The average molecular weight is 393 g/mol. The normalized spacial score (nSPS) is 24.5. The molecule has 1 amide bonds. The van der Waals surface area contributed by atoms with Gasteiger partial charge in [-0.05, 0) is 25.0 Å². The lowest BCUT2D eigenvalue weighted by Crippen LogP contribution is -2.35. The van der Waals surface area contributed by atoms with Crippen molar-refractivity contribution >= 4 is 21.6 Å². The lowest BCUT2D eigenvalue weighted by Gasteiger charge is -2.30. The van der Waals surface area contributed by atoms with Crippen LogP contribution in [0.4, 0.5) is 23.7 Å². The van der Waals surface area contributed by atoms with Gasteiger partial charge in [0.2, 0.25) is 0 Å². The number of amides is 1. The van der Waals surface area contributed by atoms with Crippen LogP contribution in [0.3, 0.4) is 0 Å². The summed E-state index contributed by atoms with van der Waals surface area (Å²) in [7, 11) is -3.40. The van der Waals surface area contributed by atoms with Gasteiger partial charge in [-0.3, -0.25) is 4.90 Å². The van der Waals surface area contributed by atoms with Gasteiger partial charge in [0.05, 0.1) is 29.3 Å². The van der Waals surface area contributed by atoms with Crippen molar-refractivity contribution in [2.24, 2.45) is 0 Å². The summed E-state index contributed by atoms with van der Waals surface area (Å²) in [5.74, 6) is -3.32. The van der Waals surface area contributed by atoms with Gasteiger partial charge in [0, 0.05) is 13.0 Å². The van der Waals surface area contributed by atoms with Gasteiger partial charge in [0.25, 0.3) is 0 Å². The summed E-state index contributed by atoms with van der Waals surface area (Å²) < 4.78 is 72.0. The Bertz CT molecular complexity index is 792. The van der Waals surface area contributed by atoms with Crippen LogP contribution in [0.25, 0.3) is 0 Å². The molecule has 2 heterocycles. The summed E-state index contributed by atoms with van der Waals surface area (Å²) in [5, 5.41) is 8.89. The molecule has 144 valence electrons. The lowest BCUT2D eigenvalue weighted by molar-refractivity contribution is 0.122. The number of carbonyl (C=O) groups is 1. The van der Waals surface area contributed by atoms with E-state index >= 15 is 4.39 Å². The Hall–Kier alpha value is -1.81. The summed E-state index contributed by atoms with van der Waals surface area (Å²) in [6.07, 6.45) is -2.27. The summed E-state index contributed by atoms with van der Waals surface area (Å²) in [4.78, 5) is 12.8. The Morgan fingerprint density at radius 3 is 2.35 bits per heavy atom. The first-order chi connectivity index (χ1) is 12.1. The van der Waals surface area contributed by atoms with Crippen molar-refractivity contribution in [2.75, 3.05) is 29.6 Å². The van der Waals surface area contributed by atoms with Crippen LogP contribution >= 0.6 is 0 Å². The molecular formula is C16H18F3NO5S. The van der Waals surface area contributed by atoms with Crippen molar-refractivity contribution in [1.29, 1.82) is 0 Å². The van der Waals surface area contributed by atoms with Crippen LogP contribution in [-0.2, 0) is 20.2 Å². The largest absolute Gasteiger partial charge is 0.444 e. The number of aliphatic hydroxyl groups is 1. The third kappa shape index (κ3) is 3.52. The number of aliphatic hydroxyl groups excluding tert-OH is 1. The highest BCUT2D eigenvalue weighted by molar-refractivity contribution is 7.91. The smallest absolute Gasteiger partial charge is 0.414 e. The van der Waals surface area contributed by atoms with E-state index in [-0.39, 0.29) is 25.3 Å². The van der Waals surface area contributed by atoms with E-state index in [1.807, 2.05) is 0 Å². The fourth-order valence-corrected chi connectivity index (χ4v) is 4.76. The molecule has 0 unspecified atom stereocenters. The van der Waals surface area contributed by atoms with Crippen molar-refractivity contribution in [3.63, 3.8) is 0 Å². The third-order valence-corrected chi connectivity index (χ3v) is 6.38. The first kappa shape index (κ1) is 19.0. The van der Waals surface area contributed by atoms with E-state index in [1.165, 1.54) is 0 Å². The molecular weight excluding hydrogens is 375 g/mol. The van der Waals surface area contributed by atoms with Crippen LogP contribution in [0.15, 0.2) is 12.1 Å². The fraction of sp³-hybridized carbons (Fsp3) is 0.562. The number of hydrogen-bond acceptors (Lipinski definition) is 5. The highest BCUT2D eigenvalue weighted by Gasteiger charge is 2.43. The molecule has 0 radical (unpaired) electrons. The summed E-state index contributed by atoms with van der Waals surface area (Å²) >= 11 is 0. The fourth-order valence-electron chi connectivity index (χ4n) is 3.28. The molecule has 2 fully saturated rings. The summed E-state index contributed by atoms with van der Waals surface area (Å²) in [6.45, 7) is -0.197. The van der Waals surface area contributed by atoms with E-state index in [0.29, 0.717) is 0 Å². The number of carbonyl (C=O) groups excluding carboxylic acids is 1. The molecule has 2 saturated heterocycles. The van der Waals surface area contributed by atoms with Crippen molar-refractivity contribution < 1.29 is 36.2 Å². The summed E-state index contributed by atoms with van der Waals surface area (Å²) in [6, 6.07) is 1.68. The second kappa shape index (κ2) is 6.73. The van der Waals surface area contributed by atoms with Crippen LogP contribution in [0.2, 0.25) is 0 Å². The molecule has 1 N–H and O–H groups in total. The SMILES string of the molecule is O=C1O[C@@H](CCO)CN1c1cc(F)c(C2(F)CCS(=O)(=O)CC2)c(F)c1. The van der Waals surface area contributed by atoms with Crippen LogP contribution < -0.4 is 4.90 Å². The Morgan fingerprint density at radius 2 is 1.81 bits per heavy atom. The molecule has 3 rings (SSSR count). The Morgan fingerprint density at radius 1 is 1.23 bits per heavy atom. The summed E-state index contributed by atoms with van der Waals surface area (Å²) in [5.41, 5.74) is -3.35. The van der Waals surface area contributed by atoms with Gasteiger partial charge in [-0.2, -0.15) is 0 Å². The van der Waals surface area contributed by atoms with E-state index in [2.05, 4.69) is 0 Å². The van der Waals surface area contributed by atoms with Crippen molar-refractivity contribution in [3.05, 3.63) is 29.3 Å². The predicted octanol–water partition coefficient (Wildman–Crippen LogP) is 2.05. The zero-order valence-electron chi connectivity index (χ0n) is 13.8. The predicted molar refractivity (Wildman–Crippen MR) is 86.3 cm³/mol. The number of alkyl halides is 1. The van der Waals surface area contributed by atoms with E-state index < -0.39 is 69.2 Å². The first-order valence-corrected chi connectivity index (χ1v) is 9.95. The maximum Gasteiger partial charge on any atom is 0.414 e. The molecule has 0 spiro atoms. The highest BCUT2D eigenvalue weighted by atomic mass is 32.2. The monoisotopic (exact) mass is 393 g/mol. The molecule has 26 heavy (non-hydrogen) atoms. The van der Waals surface area contributed by atoms with Gasteiger partial charge in [-0.1, -0.05) is 0 Å². The zero-order valence-corrected chi connectivity index (χ0v) is 14.6. The maximum absolute atomic E-state index is 15.0. The van der Waals surface area contributed by atoms with Crippen molar-refractivity contribution in [1.82, 2.24) is 0 Å². The Balaban J connectivity index is 1.89. The van der Waals surface area contributed by atoms with Crippen LogP contribution in [0.5, 0.6) is 0 Å². The van der Waals surface area contributed by atoms with Crippen molar-refractivity contribution in [2.45, 2.75) is 31.0 Å². The molecule has 10 heteroatoms. The van der Waals surface area contributed by atoms with Gasteiger partial charge >= 0.3 is 6.09 Å². The highest BCUT2D eigenvalue weighted by Crippen LogP contribution is 2.41. The van der Waals surface area contributed by atoms with Gasteiger partial charge in [0.1, 0.15) is 23.4 Å². The molecule has 2 aliphatic rings. The van der Waals surface area contributed by atoms with E-state index in [0.717, 1.165) is 17.0 Å². The van der Waals surface area contributed by atoms with Gasteiger partial charge in [-0.15, -0.1) is 0 Å². The Labute approximate surface area is 148 Å².